The average molecular weight is 249 g/mol. The second-order valence-corrected chi connectivity index (χ2v) is 2.91. The minimum Gasteiger partial charge on any atom is -0.480 e. The molecule has 0 aromatic carbocycles. The van der Waals surface area contributed by atoms with E-state index in [0.717, 1.165) is 0 Å². The summed E-state index contributed by atoms with van der Waals surface area (Å²) in [6.45, 7) is -0.223. The van der Waals surface area contributed by atoms with E-state index in [9.17, 15) is 14.4 Å². The van der Waals surface area contributed by atoms with E-state index in [1.807, 2.05) is 0 Å². The number of methoxy groups -OCH3 is 1. The molecule has 0 aromatic rings. The quantitative estimate of drug-likeness (QED) is 0.404. The molecular weight excluding hydrogens is 234 g/mol. The van der Waals surface area contributed by atoms with Gasteiger partial charge >= 0.3 is 18.1 Å². The smallest absolute Gasteiger partial charge is 0.404 e. The van der Waals surface area contributed by atoms with Gasteiger partial charge in [-0.3, -0.25) is 0 Å². The van der Waals surface area contributed by atoms with Crippen LogP contribution in [0.4, 0.5) is 9.59 Å². The van der Waals surface area contributed by atoms with Crippen LogP contribution in [-0.4, -0.2) is 56.1 Å². The summed E-state index contributed by atoms with van der Waals surface area (Å²) in [7, 11) is 1.32. The van der Waals surface area contributed by atoms with Gasteiger partial charge in [-0.1, -0.05) is 0 Å². The maximum absolute atomic E-state index is 11.2. The van der Waals surface area contributed by atoms with Gasteiger partial charge in [-0.25, -0.2) is 14.4 Å². The Kier molecular flexibility index (Phi) is 7.19. The number of carbonyl (C=O) groups is 3. The molecule has 0 saturated carbocycles. The van der Waals surface area contributed by atoms with Gasteiger partial charge in [0.1, 0.15) is 6.61 Å². The van der Waals surface area contributed by atoms with Crippen LogP contribution >= 0.6 is 0 Å². The number of nitrogens with two attached hydrogens (primary N) is 1. The molecule has 0 aliphatic carbocycles. The lowest BCUT2D eigenvalue weighted by Gasteiger charge is -2.13. The Labute approximate surface area is 97.2 Å². The van der Waals surface area contributed by atoms with Crippen LogP contribution in [0.2, 0.25) is 0 Å². The minimum absolute atomic E-state index is 0.0219. The lowest BCUT2D eigenvalue weighted by Crippen LogP contribution is -2.48. The number of carbonyl (C=O) groups excluding carboxylic acids is 2. The first kappa shape index (κ1) is 15.0. The molecule has 9 nitrogen and oxygen atoms in total. The summed E-state index contributed by atoms with van der Waals surface area (Å²) in [5.74, 6) is -1.21. The third-order valence-electron chi connectivity index (χ3n) is 1.57. The highest BCUT2D eigenvalue weighted by atomic mass is 16.5. The number of ether oxygens (including phenoxy) is 2. The normalized spacial score (nSPS) is 11.4. The fraction of sp³-hybridized carbons (Fsp3) is 0.625. The number of hydrogen-bond donors (Lipinski definition) is 4. The molecule has 1 unspecified atom stereocenters. The van der Waals surface area contributed by atoms with Crippen LogP contribution < -0.4 is 16.4 Å². The van der Waals surface area contributed by atoms with Gasteiger partial charge in [-0.15, -0.1) is 0 Å². The molecule has 98 valence electrons. The summed E-state index contributed by atoms with van der Waals surface area (Å²) in [5.41, 5.74) is 4.69. The third kappa shape index (κ3) is 7.85. The predicted octanol–water partition coefficient (Wildman–Crippen LogP) is -1.52. The van der Waals surface area contributed by atoms with Gasteiger partial charge < -0.3 is 30.9 Å². The number of nitrogens with one attached hydrogen (secondary N) is 2. The molecule has 1 atom stereocenters. The standard InChI is InChI=1S/C8H15N3O6/c1-16-4-5(6(12)13)11-8(15)10-2-3-17-7(9)14/h5H,2-4H2,1H3,(H2,9,14)(H,12,13)(H2,10,11,15). The number of aliphatic carboxylic acids is 1. The topological polar surface area (TPSA) is 140 Å². The van der Waals surface area contributed by atoms with Crippen molar-refractivity contribution in [2.24, 2.45) is 5.73 Å². The Hall–Kier alpha value is -2.03. The van der Waals surface area contributed by atoms with Gasteiger partial charge in [-0.2, -0.15) is 0 Å². The predicted molar refractivity (Wildman–Crippen MR) is 55.4 cm³/mol. The van der Waals surface area contributed by atoms with Crippen LogP contribution in [0.3, 0.4) is 0 Å². The summed E-state index contributed by atoms with van der Waals surface area (Å²) in [4.78, 5) is 32.0. The molecule has 9 heteroatoms. The first-order valence-corrected chi connectivity index (χ1v) is 4.65. The number of primary amides is 1. The van der Waals surface area contributed by atoms with E-state index in [-0.39, 0.29) is 19.8 Å². The van der Waals surface area contributed by atoms with E-state index in [1.54, 1.807) is 0 Å². The van der Waals surface area contributed by atoms with Crippen molar-refractivity contribution in [1.29, 1.82) is 0 Å². The summed E-state index contributed by atoms with van der Waals surface area (Å²) in [6, 6.07) is -1.85. The van der Waals surface area contributed by atoms with Crippen LogP contribution in [0.15, 0.2) is 0 Å². The van der Waals surface area contributed by atoms with Gasteiger partial charge in [-0.05, 0) is 0 Å². The van der Waals surface area contributed by atoms with Crippen molar-refractivity contribution < 1.29 is 29.0 Å². The fourth-order valence-electron chi connectivity index (χ4n) is 0.867. The molecule has 0 spiro atoms. The highest BCUT2D eigenvalue weighted by Crippen LogP contribution is 1.85. The van der Waals surface area contributed by atoms with Crippen LogP contribution in [0.25, 0.3) is 0 Å². The highest BCUT2D eigenvalue weighted by molar-refractivity contribution is 5.82. The van der Waals surface area contributed by atoms with Gasteiger partial charge in [0.25, 0.3) is 0 Å². The van der Waals surface area contributed by atoms with E-state index in [0.29, 0.717) is 0 Å². The lowest BCUT2D eigenvalue weighted by atomic mass is 10.3. The molecule has 0 radical (unpaired) electrons. The summed E-state index contributed by atoms with van der Waals surface area (Å²) in [5, 5.41) is 13.1. The maximum Gasteiger partial charge on any atom is 0.404 e. The Morgan fingerprint density at radius 1 is 1.41 bits per heavy atom. The van der Waals surface area contributed by atoms with E-state index >= 15 is 0 Å². The summed E-state index contributed by atoms with van der Waals surface area (Å²) in [6.07, 6.45) is -0.949. The third-order valence-corrected chi connectivity index (χ3v) is 1.57. The van der Waals surface area contributed by atoms with Gasteiger partial charge in [0.05, 0.1) is 13.2 Å². The second kappa shape index (κ2) is 8.16. The average Bonchev–Trinajstić information content (AvgIpc) is 2.23. The molecule has 0 aliphatic heterocycles. The van der Waals surface area contributed by atoms with Gasteiger partial charge in [0.2, 0.25) is 0 Å². The van der Waals surface area contributed by atoms with Crippen LogP contribution in [0.5, 0.6) is 0 Å². The van der Waals surface area contributed by atoms with Crippen LogP contribution in [0, 0.1) is 0 Å². The molecular formula is C8H15N3O6. The molecule has 0 heterocycles. The zero-order chi connectivity index (χ0) is 13.3. The van der Waals surface area contributed by atoms with E-state index < -0.39 is 24.1 Å². The number of carboxylic acid groups (broad SMARTS) is 1. The maximum atomic E-state index is 11.2. The zero-order valence-corrected chi connectivity index (χ0v) is 9.26. The Morgan fingerprint density at radius 3 is 2.53 bits per heavy atom. The zero-order valence-electron chi connectivity index (χ0n) is 9.26. The molecule has 0 rings (SSSR count). The number of hydrogen-bond acceptors (Lipinski definition) is 5. The highest BCUT2D eigenvalue weighted by Gasteiger charge is 2.19. The Bertz CT molecular complexity index is 282. The van der Waals surface area contributed by atoms with E-state index in [2.05, 4.69) is 25.8 Å². The SMILES string of the molecule is COCC(NC(=O)NCCOC(N)=O)C(=O)O. The first-order chi connectivity index (χ1) is 7.97. The van der Waals surface area contributed by atoms with Crippen molar-refractivity contribution in [1.82, 2.24) is 10.6 Å². The van der Waals surface area contributed by atoms with Crippen molar-refractivity contribution in [2.75, 3.05) is 26.9 Å². The molecule has 0 aromatic heterocycles. The van der Waals surface area contributed by atoms with Crippen molar-refractivity contribution in [2.45, 2.75) is 6.04 Å². The number of urea groups is 1. The Balaban J connectivity index is 3.82. The molecule has 0 saturated heterocycles. The van der Waals surface area contributed by atoms with Crippen LogP contribution in [-0.2, 0) is 14.3 Å². The Morgan fingerprint density at radius 2 is 2.06 bits per heavy atom. The van der Waals surface area contributed by atoms with Crippen molar-refractivity contribution in [3.05, 3.63) is 0 Å². The fourth-order valence-corrected chi connectivity index (χ4v) is 0.867. The van der Waals surface area contributed by atoms with Gasteiger partial charge in [0, 0.05) is 7.11 Å². The summed E-state index contributed by atoms with van der Waals surface area (Å²) < 4.78 is 8.96. The number of rotatable bonds is 7. The molecule has 17 heavy (non-hydrogen) atoms. The largest absolute Gasteiger partial charge is 0.480 e. The molecule has 3 amide bonds. The summed E-state index contributed by atoms with van der Waals surface area (Å²) >= 11 is 0. The van der Waals surface area contributed by atoms with Crippen molar-refractivity contribution in [3.8, 4) is 0 Å². The lowest BCUT2D eigenvalue weighted by molar-refractivity contribution is -0.140. The molecule has 0 fully saturated rings. The molecule has 0 bridgehead atoms. The van der Waals surface area contributed by atoms with Crippen molar-refractivity contribution >= 4 is 18.1 Å². The number of amides is 3. The van der Waals surface area contributed by atoms with E-state index in [4.69, 9.17) is 5.11 Å². The first-order valence-electron chi connectivity index (χ1n) is 4.65. The van der Waals surface area contributed by atoms with Gasteiger partial charge in [0.15, 0.2) is 6.04 Å². The molecule has 5 N–H and O–H groups in total. The van der Waals surface area contributed by atoms with Crippen LogP contribution in [0.1, 0.15) is 0 Å². The monoisotopic (exact) mass is 249 g/mol. The second-order valence-electron chi connectivity index (χ2n) is 2.91. The minimum atomic E-state index is -1.21. The number of carboxylic acids is 1. The van der Waals surface area contributed by atoms with E-state index in [1.165, 1.54) is 7.11 Å². The van der Waals surface area contributed by atoms with Crippen molar-refractivity contribution in [3.63, 3.8) is 0 Å². The molecule has 0 aliphatic rings.